The van der Waals surface area contributed by atoms with Crippen molar-refractivity contribution in [3.63, 3.8) is 0 Å². The van der Waals surface area contributed by atoms with Crippen molar-refractivity contribution >= 4 is 5.69 Å². The number of nitrogen functional groups attached to an aromatic ring is 1. The van der Waals surface area contributed by atoms with E-state index in [4.69, 9.17) is 15.9 Å². The van der Waals surface area contributed by atoms with Gasteiger partial charge >= 0.3 is 0 Å². The summed E-state index contributed by atoms with van der Waals surface area (Å²) in [5.74, 6) is -1.28. The Hall–Kier alpha value is -1.29. The van der Waals surface area contributed by atoms with Gasteiger partial charge in [0.2, 0.25) is 0 Å². The summed E-state index contributed by atoms with van der Waals surface area (Å²) in [4.78, 5) is 0. The first-order chi connectivity index (χ1) is 5.52. The number of aliphatic hydroxyl groups excluding tert-OH is 1. The molecule has 0 bridgehead atoms. The molecule has 1 unspecified atom stereocenters. The molecule has 0 aliphatic rings. The quantitative estimate of drug-likeness (QED) is 0.439. The van der Waals surface area contributed by atoms with Crippen molar-refractivity contribution in [2.75, 3.05) is 5.73 Å². The lowest BCUT2D eigenvalue weighted by molar-refractivity contribution is 0.199. The van der Waals surface area contributed by atoms with E-state index >= 15 is 0 Å². The second-order valence-electron chi connectivity index (χ2n) is 2.61. The van der Waals surface area contributed by atoms with E-state index in [9.17, 15) is 4.39 Å². The fraction of sp³-hybridized carbons (Fsp3) is 0.250. The molecule has 4 N–H and O–H groups in total. The van der Waals surface area contributed by atoms with Gasteiger partial charge in [-0.2, -0.15) is 0 Å². The number of halogens is 1. The molecule has 0 aliphatic heterocycles. The zero-order chi connectivity index (χ0) is 9.30. The van der Waals surface area contributed by atoms with Crippen LogP contribution in [0.1, 0.15) is 18.6 Å². The van der Waals surface area contributed by atoms with Crippen LogP contribution in [0.3, 0.4) is 0 Å². The largest absolute Gasteiger partial charge is 0.505 e. The average Bonchev–Trinajstić information content (AvgIpc) is 1.96. The van der Waals surface area contributed by atoms with Crippen LogP contribution in [0.15, 0.2) is 12.1 Å². The van der Waals surface area contributed by atoms with E-state index in [0.29, 0.717) is 5.56 Å². The second-order valence-corrected chi connectivity index (χ2v) is 2.61. The standard InChI is InChI=1S/C8H10FNO2/c1-4(11)5-2-8(12)6(9)3-7(5)10/h2-4,11-12H,10H2,1H3. The van der Waals surface area contributed by atoms with Gasteiger partial charge in [0.1, 0.15) is 0 Å². The molecule has 0 amide bonds. The zero-order valence-electron chi connectivity index (χ0n) is 6.58. The summed E-state index contributed by atoms with van der Waals surface area (Å²) in [5.41, 5.74) is 5.85. The predicted octanol–water partition coefficient (Wildman–Crippen LogP) is 1.17. The maximum atomic E-state index is 12.6. The third-order valence-electron chi connectivity index (χ3n) is 1.60. The van der Waals surface area contributed by atoms with Crippen molar-refractivity contribution < 1.29 is 14.6 Å². The van der Waals surface area contributed by atoms with Crippen molar-refractivity contribution in [1.29, 1.82) is 0 Å². The fourth-order valence-electron chi connectivity index (χ4n) is 0.955. The molecule has 0 saturated carbocycles. The first kappa shape index (κ1) is 8.80. The summed E-state index contributed by atoms with van der Waals surface area (Å²) in [5, 5.41) is 18.0. The maximum Gasteiger partial charge on any atom is 0.166 e. The maximum absolute atomic E-state index is 12.6. The van der Waals surface area contributed by atoms with E-state index < -0.39 is 17.7 Å². The normalized spacial score (nSPS) is 12.9. The summed E-state index contributed by atoms with van der Waals surface area (Å²) in [6, 6.07) is 2.10. The second kappa shape index (κ2) is 2.98. The summed E-state index contributed by atoms with van der Waals surface area (Å²) in [7, 11) is 0. The van der Waals surface area contributed by atoms with Gasteiger partial charge in [0.15, 0.2) is 11.6 Å². The molecule has 0 fully saturated rings. The molecule has 1 aromatic carbocycles. The van der Waals surface area contributed by atoms with Crippen molar-refractivity contribution in [2.24, 2.45) is 0 Å². The number of phenolic OH excluding ortho intramolecular Hbond substituents is 1. The highest BCUT2D eigenvalue weighted by atomic mass is 19.1. The lowest BCUT2D eigenvalue weighted by Gasteiger charge is -2.08. The van der Waals surface area contributed by atoms with E-state index in [1.165, 1.54) is 6.92 Å². The van der Waals surface area contributed by atoms with Crippen LogP contribution in [0.2, 0.25) is 0 Å². The number of nitrogens with two attached hydrogens (primary N) is 1. The highest BCUT2D eigenvalue weighted by molar-refractivity contribution is 5.51. The molecule has 1 aromatic rings. The van der Waals surface area contributed by atoms with Crippen molar-refractivity contribution in [3.8, 4) is 5.75 Å². The van der Waals surface area contributed by atoms with Crippen LogP contribution in [0.5, 0.6) is 5.75 Å². The van der Waals surface area contributed by atoms with Gasteiger partial charge in [-0.05, 0) is 13.0 Å². The molecule has 1 rings (SSSR count). The van der Waals surface area contributed by atoms with Crippen molar-refractivity contribution in [3.05, 3.63) is 23.5 Å². The number of rotatable bonds is 1. The number of hydrogen-bond donors (Lipinski definition) is 3. The van der Waals surface area contributed by atoms with Gasteiger partial charge in [0, 0.05) is 17.3 Å². The third-order valence-corrected chi connectivity index (χ3v) is 1.60. The molecule has 1 atom stereocenters. The molecule has 0 saturated heterocycles. The minimum Gasteiger partial charge on any atom is -0.505 e. The number of anilines is 1. The molecule has 0 aliphatic carbocycles. The Morgan fingerprint density at radius 3 is 2.58 bits per heavy atom. The van der Waals surface area contributed by atoms with E-state index in [2.05, 4.69) is 0 Å². The Balaban J connectivity index is 3.23. The molecule has 0 spiro atoms. The van der Waals surface area contributed by atoms with Crippen LogP contribution < -0.4 is 5.73 Å². The van der Waals surface area contributed by atoms with Crippen LogP contribution in [-0.2, 0) is 0 Å². The monoisotopic (exact) mass is 171 g/mol. The van der Waals surface area contributed by atoms with Gasteiger partial charge < -0.3 is 15.9 Å². The van der Waals surface area contributed by atoms with Gasteiger partial charge in [-0.15, -0.1) is 0 Å². The van der Waals surface area contributed by atoms with Crippen LogP contribution in [0, 0.1) is 5.82 Å². The first-order valence-electron chi connectivity index (χ1n) is 3.48. The smallest absolute Gasteiger partial charge is 0.166 e. The van der Waals surface area contributed by atoms with Crippen molar-refractivity contribution in [2.45, 2.75) is 13.0 Å². The number of benzene rings is 1. The van der Waals surface area contributed by atoms with Gasteiger partial charge in [-0.25, -0.2) is 4.39 Å². The Morgan fingerprint density at radius 1 is 1.50 bits per heavy atom. The third kappa shape index (κ3) is 1.48. The van der Waals surface area contributed by atoms with Crippen LogP contribution in [0.25, 0.3) is 0 Å². The number of aliphatic hydroxyl groups is 1. The number of phenols is 1. The lowest BCUT2D eigenvalue weighted by atomic mass is 10.1. The molecule has 0 radical (unpaired) electrons. The predicted molar refractivity (Wildman–Crippen MR) is 43.1 cm³/mol. The van der Waals surface area contributed by atoms with Crippen LogP contribution in [-0.4, -0.2) is 10.2 Å². The Bertz CT molecular complexity index is 299. The molecule has 12 heavy (non-hydrogen) atoms. The summed E-state index contributed by atoms with van der Waals surface area (Å²) >= 11 is 0. The topological polar surface area (TPSA) is 66.5 Å². The molecule has 3 nitrogen and oxygen atoms in total. The molecule has 4 heteroatoms. The van der Waals surface area contributed by atoms with Crippen molar-refractivity contribution in [1.82, 2.24) is 0 Å². The van der Waals surface area contributed by atoms with Crippen LogP contribution >= 0.6 is 0 Å². The van der Waals surface area contributed by atoms with E-state index in [1.54, 1.807) is 0 Å². The molecule has 66 valence electrons. The zero-order valence-corrected chi connectivity index (χ0v) is 6.58. The van der Waals surface area contributed by atoms with Gasteiger partial charge in [0.05, 0.1) is 6.10 Å². The van der Waals surface area contributed by atoms with Gasteiger partial charge in [0.25, 0.3) is 0 Å². The highest BCUT2D eigenvalue weighted by Gasteiger charge is 2.10. The lowest BCUT2D eigenvalue weighted by Crippen LogP contribution is -1.99. The minimum absolute atomic E-state index is 0.139. The molecule has 0 aromatic heterocycles. The summed E-state index contributed by atoms with van der Waals surface area (Å²) < 4.78 is 12.6. The first-order valence-corrected chi connectivity index (χ1v) is 3.48. The summed E-state index contributed by atoms with van der Waals surface area (Å²) in [6.45, 7) is 1.49. The van der Waals surface area contributed by atoms with Gasteiger partial charge in [-0.3, -0.25) is 0 Å². The SMILES string of the molecule is CC(O)c1cc(O)c(F)cc1N. The number of hydrogen-bond acceptors (Lipinski definition) is 3. The average molecular weight is 171 g/mol. The van der Waals surface area contributed by atoms with Crippen LogP contribution in [0.4, 0.5) is 10.1 Å². The Labute approximate surface area is 69.3 Å². The molecule has 0 heterocycles. The number of aromatic hydroxyl groups is 1. The Kier molecular flexibility index (Phi) is 2.19. The summed E-state index contributed by atoms with van der Waals surface area (Å²) in [6.07, 6.45) is -0.809. The van der Waals surface area contributed by atoms with Gasteiger partial charge in [-0.1, -0.05) is 0 Å². The van der Waals surface area contributed by atoms with E-state index in [1.807, 2.05) is 0 Å². The minimum atomic E-state index is -0.809. The highest BCUT2D eigenvalue weighted by Crippen LogP contribution is 2.27. The molecular formula is C8H10FNO2. The fourth-order valence-corrected chi connectivity index (χ4v) is 0.955. The Morgan fingerprint density at radius 2 is 2.08 bits per heavy atom. The van der Waals surface area contributed by atoms with E-state index in [-0.39, 0.29) is 5.69 Å². The van der Waals surface area contributed by atoms with E-state index in [0.717, 1.165) is 12.1 Å². The molecular weight excluding hydrogens is 161 g/mol.